The van der Waals surface area contributed by atoms with Crippen molar-refractivity contribution in [3.8, 4) is 0 Å². The normalized spacial score (nSPS) is 15.6. The Labute approximate surface area is 120 Å². The lowest BCUT2D eigenvalue weighted by Crippen LogP contribution is -2.30. The first-order chi connectivity index (χ1) is 7.84. The van der Waals surface area contributed by atoms with E-state index in [9.17, 15) is 13.2 Å². The van der Waals surface area contributed by atoms with Crippen molar-refractivity contribution in [2.45, 2.75) is 25.3 Å². The van der Waals surface area contributed by atoms with Crippen molar-refractivity contribution in [3.63, 3.8) is 0 Å². The van der Waals surface area contributed by atoms with Gasteiger partial charge in [0.15, 0.2) is 6.10 Å². The Hall–Kier alpha value is 0.180. The second kappa shape index (κ2) is 6.38. The van der Waals surface area contributed by atoms with Gasteiger partial charge in [0.05, 0.1) is 6.10 Å². The molecule has 6 heteroatoms. The third-order valence-corrected chi connectivity index (χ3v) is 3.54. The lowest BCUT2D eigenvalue weighted by Gasteiger charge is -2.23. The minimum Gasteiger partial charge on any atom is -0.360 e. The van der Waals surface area contributed by atoms with E-state index in [0.29, 0.717) is 4.43 Å². The van der Waals surface area contributed by atoms with Crippen LogP contribution in [-0.2, 0) is 4.74 Å². The van der Waals surface area contributed by atoms with E-state index < -0.39 is 18.4 Å². The van der Waals surface area contributed by atoms with Gasteiger partial charge in [0.25, 0.3) is 0 Å². The number of alkyl halides is 4. The van der Waals surface area contributed by atoms with E-state index in [1.807, 2.05) is 22.6 Å². The first-order valence-corrected chi connectivity index (χ1v) is 7.20. The van der Waals surface area contributed by atoms with E-state index >= 15 is 0 Å². The van der Waals surface area contributed by atoms with Crippen LogP contribution in [0.1, 0.15) is 18.6 Å². The Morgan fingerprint density at radius 2 is 1.82 bits per heavy atom. The van der Waals surface area contributed by atoms with E-state index in [-0.39, 0.29) is 0 Å². The van der Waals surface area contributed by atoms with Crippen molar-refractivity contribution in [2.24, 2.45) is 0 Å². The summed E-state index contributed by atoms with van der Waals surface area (Å²) in [6, 6.07) is 7.10. The first-order valence-electron chi connectivity index (χ1n) is 4.88. The predicted molar refractivity (Wildman–Crippen MR) is 72.4 cm³/mol. The lowest BCUT2D eigenvalue weighted by molar-refractivity contribution is -0.225. The van der Waals surface area contributed by atoms with Crippen LogP contribution in [0, 0.1) is 0 Å². The molecule has 1 rings (SSSR count). The van der Waals surface area contributed by atoms with Gasteiger partial charge in [-0.05, 0) is 24.6 Å². The van der Waals surface area contributed by atoms with Gasteiger partial charge in [0.1, 0.15) is 0 Å². The summed E-state index contributed by atoms with van der Waals surface area (Å²) < 4.78 is 43.6. The predicted octanol–water partition coefficient (Wildman–Crippen LogP) is 4.89. The summed E-state index contributed by atoms with van der Waals surface area (Å²) in [5, 5.41) is 0. The zero-order valence-corrected chi connectivity index (χ0v) is 12.7. The number of halogens is 5. The summed E-state index contributed by atoms with van der Waals surface area (Å²) in [5.41, 5.74) is 0.749. The van der Waals surface area contributed by atoms with Gasteiger partial charge in [0, 0.05) is 8.90 Å². The fourth-order valence-electron chi connectivity index (χ4n) is 1.21. The second-order valence-corrected chi connectivity index (χ2v) is 5.31. The number of ether oxygens (including phenoxy) is 1. The molecule has 0 heterocycles. The van der Waals surface area contributed by atoms with Crippen molar-refractivity contribution in [1.29, 1.82) is 0 Å². The smallest absolute Gasteiger partial charge is 0.360 e. The summed E-state index contributed by atoms with van der Waals surface area (Å²) in [5.74, 6) is 0. The molecule has 0 aliphatic rings. The fourth-order valence-corrected chi connectivity index (χ4v) is 2.19. The maximum absolute atomic E-state index is 12.4. The van der Waals surface area contributed by atoms with Gasteiger partial charge in [0.2, 0.25) is 0 Å². The zero-order chi connectivity index (χ0) is 13.1. The molecular weight excluding hydrogens is 412 g/mol. The molecular formula is C11H11BrF3IO. The van der Waals surface area contributed by atoms with Gasteiger partial charge in [-0.15, -0.1) is 0 Å². The third-order valence-electron chi connectivity index (χ3n) is 2.21. The standard InChI is InChI=1S/C11H11BrF3IO/c1-7(11(13,14)15)17-10(6-16)8-2-4-9(12)5-3-8/h2-5,7,10H,6H2,1H3. The highest BCUT2D eigenvalue weighted by molar-refractivity contribution is 14.1. The Kier molecular flexibility index (Phi) is 5.72. The SMILES string of the molecule is CC(OC(CI)c1ccc(Br)cc1)C(F)(F)F. The summed E-state index contributed by atoms with van der Waals surface area (Å²) in [6.07, 6.45) is -6.62. The largest absolute Gasteiger partial charge is 0.414 e. The third kappa shape index (κ3) is 4.75. The molecule has 0 saturated heterocycles. The molecule has 2 unspecified atom stereocenters. The summed E-state index contributed by atoms with van der Waals surface area (Å²) in [4.78, 5) is 0. The van der Waals surface area contributed by atoms with Gasteiger partial charge in [-0.1, -0.05) is 50.7 Å². The average Bonchev–Trinajstić information content (AvgIpc) is 2.25. The quantitative estimate of drug-likeness (QED) is 0.495. The molecule has 0 aliphatic heterocycles. The van der Waals surface area contributed by atoms with Gasteiger partial charge in [-0.2, -0.15) is 13.2 Å². The van der Waals surface area contributed by atoms with Crippen molar-refractivity contribution in [1.82, 2.24) is 0 Å². The van der Waals surface area contributed by atoms with E-state index in [1.165, 1.54) is 0 Å². The molecule has 0 saturated carbocycles. The Morgan fingerprint density at radius 1 is 1.29 bits per heavy atom. The van der Waals surface area contributed by atoms with Crippen LogP contribution in [0.2, 0.25) is 0 Å². The molecule has 1 nitrogen and oxygen atoms in total. The van der Waals surface area contributed by atoms with E-state index in [4.69, 9.17) is 4.74 Å². The van der Waals surface area contributed by atoms with Crippen molar-refractivity contribution < 1.29 is 17.9 Å². The molecule has 0 fully saturated rings. The topological polar surface area (TPSA) is 9.23 Å². The molecule has 0 bridgehead atoms. The van der Waals surface area contributed by atoms with Gasteiger partial charge in [-0.25, -0.2) is 0 Å². The Bertz CT molecular complexity index is 353. The fraction of sp³-hybridized carbons (Fsp3) is 0.455. The highest BCUT2D eigenvalue weighted by Gasteiger charge is 2.38. The van der Waals surface area contributed by atoms with Gasteiger partial charge < -0.3 is 4.74 Å². The number of hydrogen-bond donors (Lipinski definition) is 0. The summed E-state index contributed by atoms with van der Waals surface area (Å²) >= 11 is 5.30. The highest BCUT2D eigenvalue weighted by atomic mass is 127. The van der Waals surface area contributed by atoms with E-state index in [2.05, 4.69) is 15.9 Å². The number of benzene rings is 1. The van der Waals surface area contributed by atoms with Gasteiger partial charge >= 0.3 is 6.18 Å². The molecule has 1 aromatic rings. The number of hydrogen-bond acceptors (Lipinski definition) is 1. The highest BCUT2D eigenvalue weighted by Crippen LogP contribution is 2.29. The van der Waals surface area contributed by atoms with Crippen molar-refractivity contribution in [3.05, 3.63) is 34.3 Å². The molecule has 0 radical (unpaired) electrons. The zero-order valence-electron chi connectivity index (χ0n) is 8.97. The van der Waals surface area contributed by atoms with Crippen LogP contribution < -0.4 is 0 Å². The first kappa shape index (κ1) is 15.2. The molecule has 0 amide bonds. The minimum absolute atomic E-state index is 0.472. The van der Waals surface area contributed by atoms with Crippen LogP contribution in [-0.4, -0.2) is 16.7 Å². The molecule has 1 aromatic carbocycles. The Balaban J connectivity index is 2.75. The lowest BCUT2D eigenvalue weighted by atomic mass is 10.1. The molecule has 17 heavy (non-hydrogen) atoms. The monoisotopic (exact) mass is 422 g/mol. The van der Waals surface area contributed by atoms with Crippen LogP contribution in [0.15, 0.2) is 28.7 Å². The molecule has 0 aromatic heterocycles. The second-order valence-electron chi connectivity index (χ2n) is 3.51. The minimum atomic E-state index is -4.32. The summed E-state index contributed by atoms with van der Waals surface area (Å²) in [6.45, 7) is 1.03. The molecule has 0 aliphatic carbocycles. The molecule has 0 N–H and O–H groups in total. The van der Waals surface area contributed by atoms with Crippen LogP contribution in [0.4, 0.5) is 13.2 Å². The van der Waals surface area contributed by atoms with Crippen molar-refractivity contribution in [2.75, 3.05) is 4.43 Å². The maximum Gasteiger partial charge on any atom is 0.414 e. The molecule has 0 spiro atoms. The maximum atomic E-state index is 12.4. The molecule has 2 atom stereocenters. The van der Waals surface area contributed by atoms with Crippen molar-refractivity contribution >= 4 is 38.5 Å². The van der Waals surface area contributed by atoms with E-state index in [1.54, 1.807) is 24.3 Å². The van der Waals surface area contributed by atoms with E-state index in [0.717, 1.165) is 17.0 Å². The summed E-state index contributed by atoms with van der Waals surface area (Å²) in [7, 11) is 0. The Morgan fingerprint density at radius 3 is 2.24 bits per heavy atom. The van der Waals surface area contributed by atoms with Crippen LogP contribution in [0.5, 0.6) is 0 Å². The average molecular weight is 423 g/mol. The number of rotatable bonds is 4. The van der Waals surface area contributed by atoms with Crippen LogP contribution in [0.25, 0.3) is 0 Å². The van der Waals surface area contributed by atoms with Gasteiger partial charge in [-0.3, -0.25) is 0 Å². The van der Waals surface area contributed by atoms with Crippen LogP contribution in [0.3, 0.4) is 0 Å². The molecule has 96 valence electrons. The van der Waals surface area contributed by atoms with Crippen LogP contribution >= 0.6 is 38.5 Å².